The number of rotatable bonds is 5. The van der Waals surface area contributed by atoms with Crippen LogP contribution in [-0.4, -0.2) is 26.8 Å². The summed E-state index contributed by atoms with van der Waals surface area (Å²) >= 11 is 0. The molecule has 0 rings (SSSR count). The Morgan fingerprint density at radius 3 is 2.80 bits per heavy atom. The molecule has 0 amide bonds. The van der Waals surface area contributed by atoms with Crippen LogP contribution in [0.25, 0.3) is 0 Å². The highest BCUT2D eigenvalue weighted by Crippen LogP contribution is 1.71. The summed E-state index contributed by atoms with van der Waals surface area (Å²) < 4.78 is 4.85. The molecule has 0 aromatic heterocycles. The first kappa shape index (κ1) is 9.48. The molecule has 58 valence electrons. The van der Waals surface area contributed by atoms with Crippen molar-refractivity contribution in [2.45, 2.75) is 13.3 Å². The van der Waals surface area contributed by atoms with E-state index < -0.39 is 0 Å². The molecule has 0 aromatic carbocycles. The van der Waals surface area contributed by atoms with Crippen LogP contribution in [0.1, 0.15) is 13.3 Å². The molecule has 0 aromatic rings. The van der Waals surface area contributed by atoms with Crippen LogP contribution in [0, 0.1) is 11.8 Å². The number of hydrogen-bond donors (Lipinski definition) is 1. The first-order valence-corrected chi connectivity index (χ1v) is 3.51. The van der Waals surface area contributed by atoms with E-state index in [0.29, 0.717) is 0 Å². The highest BCUT2D eigenvalue weighted by atomic mass is 16.5. The zero-order valence-electron chi connectivity index (χ0n) is 6.74. The minimum Gasteiger partial charge on any atom is -0.383 e. The Morgan fingerprint density at radius 1 is 1.40 bits per heavy atom. The normalized spacial score (nSPS) is 8.60. The van der Waals surface area contributed by atoms with Crippen molar-refractivity contribution >= 4 is 0 Å². The molecule has 0 radical (unpaired) electrons. The lowest BCUT2D eigenvalue weighted by Gasteiger charge is -1.98. The SMILES string of the molecule is CC#CCCNCCOC. The van der Waals surface area contributed by atoms with Crippen LogP contribution < -0.4 is 5.32 Å². The number of ether oxygens (including phenoxy) is 1. The van der Waals surface area contributed by atoms with Crippen LogP contribution in [0.5, 0.6) is 0 Å². The highest BCUT2D eigenvalue weighted by Gasteiger charge is 1.82. The van der Waals surface area contributed by atoms with Gasteiger partial charge in [-0.05, 0) is 6.92 Å². The van der Waals surface area contributed by atoms with E-state index in [1.165, 1.54) is 0 Å². The molecule has 1 N–H and O–H groups in total. The number of hydrogen-bond acceptors (Lipinski definition) is 2. The third-order valence-corrected chi connectivity index (χ3v) is 1.09. The van der Waals surface area contributed by atoms with Crippen LogP contribution in [0.3, 0.4) is 0 Å². The third-order valence-electron chi connectivity index (χ3n) is 1.09. The number of methoxy groups -OCH3 is 1. The van der Waals surface area contributed by atoms with Crippen molar-refractivity contribution in [2.75, 3.05) is 26.8 Å². The molecule has 0 bridgehead atoms. The van der Waals surface area contributed by atoms with E-state index >= 15 is 0 Å². The summed E-state index contributed by atoms with van der Waals surface area (Å²) in [4.78, 5) is 0. The van der Waals surface area contributed by atoms with Crippen molar-refractivity contribution in [3.8, 4) is 11.8 Å². The van der Waals surface area contributed by atoms with Crippen LogP contribution in [0.2, 0.25) is 0 Å². The maximum atomic E-state index is 4.85. The predicted molar refractivity (Wildman–Crippen MR) is 42.8 cm³/mol. The quantitative estimate of drug-likeness (QED) is 0.448. The molecule has 2 heteroatoms. The molecule has 0 saturated carbocycles. The Kier molecular flexibility index (Phi) is 8.04. The minimum atomic E-state index is 0.777. The Bertz CT molecular complexity index is 112. The van der Waals surface area contributed by atoms with Gasteiger partial charge in [0.05, 0.1) is 6.61 Å². The monoisotopic (exact) mass is 141 g/mol. The van der Waals surface area contributed by atoms with Crippen LogP contribution >= 0.6 is 0 Å². The van der Waals surface area contributed by atoms with E-state index in [9.17, 15) is 0 Å². The van der Waals surface area contributed by atoms with Gasteiger partial charge in [0.2, 0.25) is 0 Å². The van der Waals surface area contributed by atoms with E-state index in [1.807, 2.05) is 6.92 Å². The van der Waals surface area contributed by atoms with E-state index in [0.717, 1.165) is 26.1 Å². The number of nitrogens with one attached hydrogen (secondary N) is 1. The second-order valence-corrected chi connectivity index (χ2v) is 1.92. The van der Waals surface area contributed by atoms with E-state index in [2.05, 4.69) is 17.2 Å². The molecule has 2 nitrogen and oxygen atoms in total. The average molecular weight is 141 g/mol. The summed E-state index contributed by atoms with van der Waals surface area (Å²) in [6.45, 7) is 4.51. The van der Waals surface area contributed by atoms with Gasteiger partial charge in [0, 0.05) is 26.6 Å². The maximum absolute atomic E-state index is 4.85. The third kappa shape index (κ3) is 7.48. The summed E-state index contributed by atoms with van der Waals surface area (Å²) in [7, 11) is 1.70. The Balaban J connectivity index is 2.82. The van der Waals surface area contributed by atoms with Crippen molar-refractivity contribution in [1.82, 2.24) is 5.32 Å². The lowest BCUT2D eigenvalue weighted by molar-refractivity contribution is 0.200. The van der Waals surface area contributed by atoms with Crippen molar-refractivity contribution in [2.24, 2.45) is 0 Å². The molecule has 10 heavy (non-hydrogen) atoms. The van der Waals surface area contributed by atoms with Crippen molar-refractivity contribution in [3.05, 3.63) is 0 Å². The van der Waals surface area contributed by atoms with E-state index in [1.54, 1.807) is 7.11 Å². The Morgan fingerprint density at radius 2 is 2.20 bits per heavy atom. The standard InChI is InChI=1S/C8H15NO/c1-3-4-5-6-9-7-8-10-2/h9H,5-8H2,1-2H3. The fourth-order valence-electron chi connectivity index (χ4n) is 0.575. The summed E-state index contributed by atoms with van der Waals surface area (Å²) in [5, 5.41) is 3.19. The molecule has 0 spiro atoms. The zero-order valence-corrected chi connectivity index (χ0v) is 6.74. The molecule has 0 aliphatic carbocycles. The Labute approximate surface area is 63.0 Å². The second-order valence-electron chi connectivity index (χ2n) is 1.92. The van der Waals surface area contributed by atoms with Crippen LogP contribution in [0.4, 0.5) is 0 Å². The zero-order chi connectivity index (χ0) is 7.66. The van der Waals surface area contributed by atoms with Gasteiger partial charge in [0.1, 0.15) is 0 Å². The highest BCUT2D eigenvalue weighted by molar-refractivity contribution is 4.94. The molecule has 0 aliphatic rings. The van der Waals surface area contributed by atoms with Crippen LogP contribution in [-0.2, 0) is 4.74 Å². The van der Waals surface area contributed by atoms with Gasteiger partial charge in [0.15, 0.2) is 0 Å². The van der Waals surface area contributed by atoms with Crippen molar-refractivity contribution in [1.29, 1.82) is 0 Å². The van der Waals surface area contributed by atoms with Gasteiger partial charge in [-0.15, -0.1) is 11.8 Å². The molecular formula is C8H15NO. The largest absolute Gasteiger partial charge is 0.383 e. The second kappa shape index (κ2) is 8.48. The Hall–Kier alpha value is -0.520. The van der Waals surface area contributed by atoms with Gasteiger partial charge < -0.3 is 10.1 Å². The van der Waals surface area contributed by atoms with Gasteiger partial charge in [-0.1, -0.05) is 0 Å². The van der Waals surface area contributed by atoms with Gasteiger partial charge in [-0.2, -0.15) is 0 Å². The lowest BCUT2D eigenvalue weighted by atomic mass is 10.4. The topological polar surface area (TPSA) is 21.3 Å². The van der Waals surface area contributed by atoms with E-state index in [-0.39, 0.29) is 0 Å². The molecule has 0 saturated heterocycles. The predicted octanol–water partition coefficient (Wildman–Crippen LogP) is 0.636. The van der Waals surface area contributed by atoms with Crippen molar-refractivity contribution in [3.63, 3.8) is 0 Å². The average Bonchev–Trinajstić information content (AvgIpc) is 1.97. The summed E-state index contributed by atoms with van der Waals surface area (Å²) in [6.07, 6.45) is 0.931. The van der Waals surface area contributed by atoms with E-state index in [4.69, 9.17) is 4.74 Å². The summed E-state index contributed by atoms with van der Waals surface area (Å²) in [5.41, 5.74) is 0. The fraction of sp³-hybridized carbons (Fsp3) is 0.750. The molecule has 0 atom stereocenters. The molecule has 0 heterocycles. The van der Waals surface area contributed by atoms with Gasteiger partial charge >= 0.3 is 0 Å². The first-order valence-electron chi connectivity index (χ1n) is 3.51. The maximum Gasteiger partial charge on any atom is 0.0587 e. The summed E-state index contributed by atoms with van der Waals surface area (Å²) in [5.74, 6) is 5.81. The van der Waals surface area contributed by atoms with Crippen LogP contribution in [0.15, 0.2) is 0 Å². The van der Waals surface area contributed by atoms with Gasteiger partial charge in [-0.25, -0.2) is 0 Å². The lowest BCUT2D eigenvalue weighted by Crippen LogP contribution is -2.19. The first-order chi connectivity index (χ1) is 4.91. The minimum absolute atomic E-state index is 0.777. The smallest absolute Gasteiger partial charge is 0.0587 e. The molecule has 0 aliphatic heterocycles. The van der Waals surface area contributed by atoms with Gasteiger partial charge in [0.25, 0.3) is 0 Å². The molecular weight excluding hydrogens is 126 g/mol. The van der Waals surface area contributed by atoms with Crippen molar-refractivity contribution < 1.29 is 4.74 Å². The summed E-state index contributed by atoms with van der Waals surface area (Å²) in [6, 6.07) is 0. The fourth-order valence-corrected chi connectivity index (χ4v) is 0.575. The molecule has 0 fully saturated rings. The molecule has 0 unspecified atom stereocenters. The van der Waals surface area contributed by atoms with Gasteiger partial charge in [-0.3, -0.25) is 0 Å².